The lowest BCUT2D eigenvalue weighted by molar-refractivity contribution is 0.315. The van der Waals surface area contributed by atoms with Crippen LogP contribution in [-0.4, -0.2) is 18.6 Å². The van der Waals surface area contributed by atoms with E-state index in [2.05, 4.69) is 5.32 Å². The van der Waals surface area contributed by atoms with E-state index in [-0.39, 0.29) is 0 Å². The third-order valence-corrected chi connectivity index (χ3v) is 3.97. The molecule has 0 bridgehead atoms. The van der Waals surface area contributed by atoms with Crippen LogP contribution in [0, 0.1) is 5.92 Å². The Balaban J connectivity index is 1.72. The van der Waals surface area contributed by atoms with Gasteiger partial charge in [0.25, 0.3) is 0 Å². The molecule has 0 spiro atoms. The lowest BCUT2D eigenvalue weighted by atomic mass is 9.90. The van der Waals surface area contributed by atoms with E-state index in [4.69, 9.17) is 5.73 Å². The Bertz CT molecular complexity index is 158. The molecule has 1 saturated heterocycles. The van der Waals surface area contributed by atoms with Crippen molar-refractivity contribution < 1.29 is 0 Å². The molecule has 0 radical (unpaired) electrons. The van der Waals surface area contributed by atoms with Crippen molar-refractivity contribution >= 4 is 0 Å². The molecule has 1 heterocycles. The maximum absolute atomic E-state index is 6.27. The third kappa shape index (κ3) is 2.71. The molecular formula is C12H24N2. The fraction of sp³-hybridized carbons (Fsp3) is 1.00. The minimum Gasteiger partial charge on any atom is -0.327 e. The molecule has 2 nitrogen and oxygen atoms in total. The molecule has 1 aliphatic heterocycles. The van der Waals surface area contributed by atoms with Crippen molar-refractivity contribution in [2.75, 3.05) is 6.54 Å². The molecule has 2 aliphatic rings. The topological polar surface area (TPSA) is 38.0 Å². The molecule has 0 aromatic heterocycles. The van der Waals surface area contributed by atoms with Gasteiger partial charge in [-0.25, -0.2) is 0 Å². The van der Waals surface area contributed by atoms with Crippen molar-refractivity contribution in [1.29, 1.82) is 0 Å². The van der Waals surface area contributed by atoms with Crippen LogP contribution in [0.4, 0.5) is 0 Å². The fourth-order valence-electron chi connectivity index (χ4n) is 3.03. The molecule has 2 rings (SSSR count). The SMILES string of the molecule is NC(CC1CCCCN1)C1CCCC1. The summed E-state index contributed by atoms with van der Waals surface area (Å²) >= 11 is 0. The Morgan fingerprint density at radius 2 is 1.79 bits per heavy atom. The lowest BCUT2D eigenvalue weighted by Gasteiger charge is -2.28. The largest absolute Gasteiger partial charge is 0.327 e. The van der Waals surface area contributed by atoms with Crippen LogP contribution in [0.2, 0.25) is 0 Å². The highest BCUT2D eigenvalue weighted by molar-refractivity contribution is 4.83. The summed E-state index contributed by atoms with van der Waals surface area (Å²) in [5.41, 5.74) is 6.27. The predicted molar refractivity (Wildman–Crippen MR) is 60.2 cm³/mol. The van der Waals surface area contributed by atoms with E-state index in [1.165, 1.54) is 57.9 Å². The van der Waals surface area contributed by atoms with E-state index in [0.717, 1.165) is 12.0 Å². The molecule has 1 aliphatic carbocycles. The predicted octanol–water partition coefficient (Wildman–Crippen LogP) is 2.04. The highest BCUT2D eigenvalue weighted by atomic mass is 14.9. The van der Waals surface area contributed by atoms with Gasteiger partial charge >= 0.3 is 0 Å². The van der Waals surface area contributed by atoms with Crippen LogP contribution < -0.4 is 11.1 Å². The molecular weight excluding hydrogens is 172 g/mol. The molecule has 82 valence electrons. The molecule has 2 unspecified atom stereocenters. The van der Waals surface area contributed by atoms with Crippen LogP contribution in [-0.2, 0) is 0 Å². The summed E-state index contributed by atoms with van der Waals surface area (Å²) in [5, 5.41) is 3.59. The van der Waals surface area contributed by atoms with Crippen molar-refractivity contribution in [2.24, 2.45) is 11.7 Å². The fourth-order valence-corrected chi connectivity index (χ4v) is 3.03. The molecule has 3 N–H and O–H groups in total. The first-order chi connectivity index (χ1) is 6.86. The van der Waals surface area contributed by atoms with Gasteiger partial charge in [0.1, 0.15) is 0 Å². The second-order valence-electron chi connectivity index (χ2n) is 5.09. The maximum atomic E-state index is 6.27. The van der Waals surface area contributed by atoms with Crippen molar-refractivity contribution in [3.8, 4) is 0 Å². The highest BCUT2D eigenvalue weighted by Crippen LogP contribution is 2.29. The second-order valence-corrected chi connectivity index (χ2v) is 5.09. The van der Waals surface area contributed by atoms with E-state index in [1.54, 1.807) is 0 Å². The molecule has 0 amide bonds. The molecule has 0 aromatic rings. The van der Waals surface area contributed by atoms with Gasteiger partial charge in [-0.05, 0) is 44.6 Å². The van der Waals surface area contributed by atoms with Gasteiger partial charge in [0.15, 0.2) is 0 Å². The third-order valence-electron chi connectivity index (χ3n) is 3.97. The van der Waals surface area contributed by atoms with E-state index in [1.807, 2.05) is 0 Å². The van der Waals surface area contributed by atoms with Gasteiger partial charge in [0.2, 0.25) is 0 Å². The lowest BCUT2D eigenvalue weighted by Crippen LogP contribution is -2.41. The average Bonchev–Trinajstić information content (AvgIpc) is 2.72. The summed E-state index contributed by atoms with van der Waals surface area (Å²) < 4.78 is 0. The Morgan fingerprint density at radius 3 is 2.43 bits per heavy atom. The summed E-state index contributed by atoms with van der Waals surface area (Å²) in [6, 6.07) is 1.19. The van der Waals surface area contributed by atoms with Crippen molar-refractivity contribution in [1.82, 2.24) is 5.32 Å². The van der Waals surface area contributed by atoms with Gasteiger partial charge in [-0.2, -0.15) is 0 Å². The molecule has 14 heavy (non-hydrogen) atoms. The van der Waals surface area contributed by atoms with E-state index in [9.17, 15) is 0 Å². The standard InChI is InChI=1S/C12H24N2/c13-12(10-5-1-2-6-10)9-11-7-3-4-8-14-11/h10-12,14H,1-9,13H2. The van der Waals surface area contributed by atoms with Crippen molar-refractivity contribution in [2.45, 2.75) is 63.5 Å². The van der Waals surface area contributed by atoms with Crippen LogP contribution in [0.15, 0.2) is 0 Å². The van der Waals surface area contributed by atoms with Crippen molar-refractivity contribution in [3.63, 3.8) is 0 Å². The summed E-state index contributed by atoms with van der Waals surface area (Å²) in [7, 11) is 0. The van der Waals surface area contributed by atoms with Crippen LogP contribution >= 0.6 is 0 Å². The van der Waals surface area contributed by atoms with Crippen molar-refractivity contribution in [3.05, 3.63) is 0 Å². The molecule has 2 atom stereocenters. The summed E-state index contributed by atoms with van der Waals surface area (Å²) in [6.45, 7) is 1.21. The average molecular weight is 196 g/mol. The zero-order valence-electron chi connectivity index (χ0n) is 9.17. The first-order valence-electron chi connectivity index (χ1n) is 6.35. The Morgan fingerprint density at radius 1 is 1.07 bits per heavy atom. The number of hydrogen-bond donors (Lipinski definition) is 2. The Kier molecular flexibility index (Phi) is 3.82. The monoisotopic (exact) mass is 196 g/mol. The van der Waals surface area contributed by atoms with Gasteiger partial charge in [-0.15, -0.1) is 0 Å². The maximum Gasteiger partial charge on any atom is 0.00819 e. The number of nitrogens with two attached hydrogens (primary N) is 1. The Hall–Kier alpha value is -0.0800. The number of piperidine rings is 1. The van der Waals surface area contributed by atoms with Gasteiger partial charge in [-0.3, -0.25) is 0 Å². The van der Waals surface area contributed by atoms with Crippen LogP contribution in [0.1, 0.15) is 51.4 Å². The summed E-state index contributed by atoms with van der Waals surface area (Å²) in [5.74, 6) is 0.832. The first kappa shape index (κ1) is 10.4. The van der Waals surface area contributed by atoms with Gasteiger partial charge in [0.05, 0.1) is 0 Å². The minimum atomic E-state index is 0.466. The smallest absolute Gasteiger partial charge is 0.00819 e. The van der Waals surface area contributed by atoms with Crippen LogP contribution in [0.5, 0.6) is 0 Å². The zero-order valence-corrected chi connectivity index (χ0v) is 9.17. The normalized spacial score (nSPS) is 31.9. The minimum absolute atomic E-state index is 0.466. The van der Waals surface area contributed by atoms with Crippen LogP contribution in [0.25, 0.3) is 0 Å². The van der Waals surface area contributed by atoms with Gasteiger partial charge in [0, 0.05) is 12.1 Å². The highest BCUT2D eigenvalue weighted by Gasteiger charge is 2.25. The molecule has 0 aromatic carbocycles. The number of rotatable bonds is 3. The van der Waals surface area contributed by atoms with Gasteiger partial charge in [-0.1, -0.05) is 19.3 Å². The molecule has 1 saturated carbocycles. The summed E-state index contributed by atoms with van der Waals surface area (Å²) in [6.07, 6.45) is 10.9. The number of hydrogen-bond acceptors (Lipinski definition) is 2. The quantitative estimate of drug-likeness (QED) is 0.725. The van der Waals surface area contributed by atoms with E-state index >= 15 is 0 Å². The van der Waals surface area contributed by atoms with E-state index in [0.29, 0.717) is 6.04 Å². The van der Waals surface area contributed by atoms with Crippen LogP contribution in [0.3, 0.4) is 0 Å². The molecule has 2 heteroatoms. The van der Waals surface area contributed by atoms with E-state index < -0.39 is 0 Å². The summed E-state index contributed by atoms with van der Waals surface area (Å²) in [4.78, 5) is 0. The Labute approximate surface area is 87.6 Å². The molecule has 2 fully saturated rings. The first-order valence-corrected chi connectivity index (χ1v) is 6.35. The second kappa shape index (κ2) is 5.13. The number of nitrogens with one attached hydrogen (secondary N) is 1. The zero-order chi connectivity index (χ0) is 9.80. The van der Waals surface area contributed by atoms with Gasteiger partial charge < -0.3 is 11.1 Å².